The first kappa shape index (κ1) is 16.1. The van der Waals surface area contributed by atoms with Crippen molar-refractivity contribution in [2.24, 2.45) is 11.8 Å². The largest absolute Gasteiger partial charge is 0.493 e. The number of hydrogen-bond acceptors (Lipinski definition) is 2. The van der Waals surface area contributed by atoms with Crippen molar-refractivity contribution < 1.29 is 9.31 Å². The van der Waals surface area contributed by atoms with Crippen LogP contribution in [-0.4, -0.2) is 20.3 Å². The Labute approximate surface area is 135 Å². The van der Waals surface area contributed by atoms with Crippen LogP contribution in [0.15, 0.2) is 24.3 Å². The lowest BCUT2D eigenvalue weighted by Crippen LogP contribution is -2.44. The van der Waals surface area contributed by atoms with Crippen molar-refractivity contribution in [3.8, 4) is 0 Å². The second-order valence-corrected chi connectivity index (χ2v) is 7.28. The van der Waals surface area contributed by atoms with Gasteiger partial charge in [-0.3, -0.25) is 0 Å². The fourth-order valence-corrected chi connectivity index (χ4v) is 3.83. The first-order valence-electron chi connectivity index (χ1n) is 9.09. The van der Waals surface area contributed by atoms with Gasteiger partial charge in [-0.2, -0.15) is 0 Å². The highest BCUT2D eigenvalue weighted by molar-refractivity contribution is 6.61. The van der Waals surface area contributed by atoms with Gasteiger partial charge in [0, 0.05) is 19.1 Å². The van der Waals surface area contributed by atoms with Gasteiger partial charge in [0.2, 0.25) is 0 Å². The van der Waals surface area contributed by atoms with Crippen LogP contribution in [0.4, 0.5) is 0 Å². The normalized spacial score (nSPS) is 27.1. The highest BCUT2D eigenvalue weighted by atomic mass is 16.6. The van der Waals surface area contributed by atoms with E-state index in [1.165, 1.54) is 49.6 Å². The third-order valence-electron chi connectivity index (χ3n) is 5.36. The molecule has 2 aliphatic rings. The predicted molar refractivity (Wildman–Crippen MR) is 92.5 cm³/mol. The molecular formula is C19H29BO2. The predicted octanol–water partition coefficient (Wildman–Crippen LogP) is 4.14. The van der Waals surface area contributed by atoms with E-state index >= 15 is 0 Å². The molecule has 0 N–H and O–H groups in total. The molecule has 0 bridgehead atoms. The molecule has 1 aliphatic heterocycles. The van der Waals surface area contributed by atoms with Crippen LogP contribution in [0.5, 0.6) is 0 Å². The fraction of sp³-hybridized carbons (Fsp3) is 0.684. The Morgan fingerprint density at radius 3 is 2.23 bits per heavy atom. The molecule has 0 amide bonds. The molecule has 1 saturated carbocycles. The highest BCUT2D eigenvalue weighted by Gasteiger charge is 2.29. The van der Waals surface area contributed by atoms with Crippen molar-refractivity contribution in [3.63, 3.8) is 0 Å². The Kier molecular flexibility index (Phi) is 5.59. The van der Waals surface area contributed by atoms with Crippen LogP contribution in [0.2, 0.25) is 0 Å². The van der Waals surface area contributed by atoms with Crippen LogP contribution in [0.25, 0.3) is 0 Å². The van der Waals surface area contributed by atoms with E-state index in [0.717, 1.165) is 25.0 Å². The van der Waals surface area contributed by atoms with E-state index in [1.807, 2.05) is 0 Å². The molecule has 120 valence electrons. The summed E-state index contributed by atoms with van der Waals surface area (Å²) >= 11 is 0. The maximum absolute atomic E-state index is 5.91. The fourth-order valence-electron chi connectivity index (χ4n) is 3.83. The molecule has 3 heteroatoms. The molecular weight excluding hydrogens is 271 g/mol. The molecule has 0 aromatic heterocycles. The van der Waals surface area contributed by atoms with Crippen LogP contribution in [0.3, 0.4) is 0 Å². The molecule has 1 saturated heterocycles. The van der Waals surface area contributed by atoms with Gasteiger partial charge in [0.25, 0.3) is 0 Å². The summed E-state index contributed by atoms with van der Waals surface area (Å²) < 4.78 is 11.8. The van der Waals surface area contributed by atoms with E-state index < -0.39 is 0 Å². The lowest BCUT2D eigenvalue weighted by Gasteiger charge is -2.28. The standard InChI is InChI=1S/C19H29BO2/c1-3-4-16-13-21-20(22-14-16)19-11-9-18(10-12-19)17-7-5-15(2)6-8-17/h9-12,15-17H,3-8,13-14H2,1-2H3. The Balaban J connectivity index is 1.56. The Morgan fingerprint density at radius 2 is 1.64 bits per heavy atom. The minimum absolute atomic E-state index is 0.159. The summed E-state index contributed by atoms with van der Waals surface area (Å²) in [4.78, 5) is 0. The topological polar surface area (TPSA) is 18.5 Å². The van der Waals surface area contributed by atoms with E-state index in [-0.39, 0.29) is 7.12 Å². The Hall–Kier alpha value is -0.795. The van der Waals surface area contributed by atoms with E-state index in [9.17, 15) is 0 Å². The molecule has 22 heavy (non-hydrogen) atoms. The van der Waals surface area contributed by atoms with Crippen molar-refractivity contribution in [1.82, 2.24) is 0 Å². The van der Waals surface area contributed by atoms with Crippen molar-refractivity contribution >= 4 is 12.6 Å². The van der Waals surface area contributed by atoms with Gasteiger partial charge < -0.3 is 9.31 Å². The minimum atomic E-state index is -0.159. The first-order chi connectivity index (χ1) is 10.8. The Bertz CT molecular complexity index is 443. The molecule has 0 atom stereocenters. The highest BCUT2D eigenvalue weighted by Crippen LogP contribution is 2.35. The van der Waals surface area contributed by atoms with Crippen molar-refractivity contribution in [3.05, 3.63) is 29.8 Å². The summed E-state index contributed by atoms with van der Waals surface area (Å²) in [6, 6.07) is 9.00. The molecule has 1 heterocycles. The van der Waals surface area contributed by atoms with Gasteiger partial charge in [-0.1, -0.05) is 57.4 Å². The van der Waals surface area contributed by atoms with Gasteiger partial charge in [0.1, 0.15) is 0 Å². The summed E-state index contributed by atoms with van der Waals surface area (Å²) in [5, 5.41) is 0. The van der Waals surface area contributed by atoms with Gasteiger partial charge in [0.05, 0.1) is 0 Å². The van der Waals surface area contributed by atoms with Gasteiger partial charge in [-0.25, -0.2) is 0 Å². The summed E-state index contributed by atoms with van der Waals surface area (Å²) in [5.41, 5.74) is 2.66. The zero-order valence-electron chi connectivity index (χ0n) is 14.1. The average molecular weight is 300 g/mol. The van der Waals surface area contributed by atoms with Crippen LogP contribution in [0.1, 0.15) is 63.9 Å². The van der Waals surface area contributed by atoms with E-state index in [0.29, 0.717) is 5.92 Å². The maximum atomic E-state index is 5.91. The monoisotopic (exact) mass is 300 g/mol. The van der Waals surface area contributed by atoms with Crippen molar-refractivity contribution in [1.29, 1.82) is 0 Å². The molecule has 2 nitrogen and oxygen atoms in total. The van der Waals surface area contributed by atoms with Gasteiger partial charge in [-0.05, 0) is 42.1 Å². The molecule has 0 radical (unpaired) electrons. The van der Waals surface area contributed by atoms with E-state index in [4.69, 9.17) is 9.31 Å². The summed E-state index contributed by atoms with van der Waals surface area (Å²) in [5.74, 6) is 2.24. The summed E-state index contributed by atoms with van der Waals surface area (Å²) in [7, 11) is -0.159. The maximum Gasteiger partial charge on any atom is 0.493 e. The lowest BCUT2D eigenvalue weighted by atomic mass is 9.75. The second kappa shape index (κ2) is 7.65. The molecule has 1 aliphatic carbocycles. The second-order valence-electron chi connectivity index (χ2n) is 7.28. The molecule has 0 spiro atoms. The van der Waals surface area contributed by atoms with Crippen molar-refractivity contribution in [2.45, 2.75) is 58.3 Å². The molecule has 3 rings (SSSR count). The van der Waals surface area contributed by atoms with E-state index in [1.54, 1.807) is 0 Å². The minimum Gasteiger partial charge on any atom is -0.407 e. The third-order valence-corrected chi connectivity index (χ3v) is 5.36. The molecule has 1 aromatic carbocycles. The van der Waals surface area contributed by atoms with Gasteiger partial charge in [-0.15, -0.1) is 0 Å². The van der Waals surface area contributed by atoms with Crippen LogP contribution >= 0.6 is 0 Å². The smallest absolute Gasteiger partial charge is 0.407 e. The number of rotatable bonds is 4. The summed E-state index contributed by atoms with van der Waals surface area (Å²) in [6.45, 7) is 6.27. The van der Waals surface area contributed by atoms with E-state index in [2.05, 4.69) is 38.1 Å². The van der Waals surface area contributed by atoms with Crippen LogP contribution < -0.4 is 5.46 Å². The first-order valence-corrected chi connectivity index (χ1v) is 9.09. The van der Waals surface area contributed by atoms with Crippen LogP contribution in [0, 0.1) is 11.8 Å². The van der Waals surface area contributed by atoms with Crippen LogP contribution in [-0.2, 0) is 9.31 Å². The Morgan fingerprint density at radius 1 is 1.00 bits per heavy atom. The number of hydrogen-bond donors (Lipinski definition) is 0. The molecule has 1 aromatic rings. The number of benzene rings is 1. The molecule has 0 unspecified atom stereocenters. The zero-order valence-corrected chi connectivity index (χ0v) is 14.1. The zero-order chi connectivity index (χ0) is 15.4. The molecule has 2 fully saturated rings. The lowest BCUT2D eigenvalue weighted by molar-refractivity contribution is 0.0821. The average Bonchev–Trinajstić information content (AvgIpc) is 2.57. The summed E-state index contributed by atoms with van der Waals surface area (Å²) in [6.07, 6.45) is 7.84. The third kappa shape index (κ3) is 3.94. The van der Waals surface area contributed by atoms with Gasteiger partial charge in [0.15, 0.2) is 0 Å². The SMILES string of the molecule is CCCC1COB(c2ccc(C3CCC(C)CC3)cc2)OC1. The van der Waals surface area contributed by atoms with Crippen molar-refractivity contribution in [2.75, 3.05) is 13.2 Å². The quantitative estimate of drug-likeness (QED) is 0.778. The van der Waals surface area contributed by atoms with Gasteiger partial charge >= 0.3 is 7.12 Å².